The Balaban J connectivity index is 0.000000371. The minimum atomic E-state index is 0.514. The number of nitrogens with one attached hydrogen (secondary N) is 1. The van der Waals surface area contributed by atoms with E-state index in [1.54, 1.807) is 0 Å². The molecule has 58 valence electrons. The second-order valence-electron chi connectivity index (χ2n) is 2.17. The van der Waals surface area contributed by atoms with Gasteiger partial charge in [0.05, 0.1) is 0 Å². The Hall–Kier alpha value is -0.720. The molecule has 1 nitrogen and oxygen atoms in total. The lowest BCUT2D eigenvalue weighted by atomic mass is 10.2. The molecule has 1 heteroatoms. The number of rotatable bonds is 0. The predicted molar refractivity (Wildman–Crippen MR) is 46.8 cm³/mol. The van der Waals surface area contributed by atoms with E-state index >= 15 is 0 Å². The average molecular weight is 139 g/mol. The van der Waals surface area contributed by atoms with E-state index < -0.39 is 0 Å². The van der Waals surface area contributed by atoms with Crippen LogP contribution in [0.3, 0.4) is 0 Å². The van der Waals surface area contributed by atoms with Crippen LogP contribution < -0.4 is 5.32 Å². The molecule has 1 heterocycles. The fourth-order valence-corrected chi connectivity index (χ4v) is 0.822. The van der Waals surface area contributed by atoms with E-state index in [1.807, 2.05) is 13.8 Å². The van der Waals surface area contributed by atoms with Crippen molar-refractivity contribution in [2.45, 2.75) is 33.7 Å². The highest BCUT2D eigenvalue weighted by molar-refractivity contribution is 5.17. The summed E-state index contributed by atoms with van der Waals surface area (Å²) in [6.07, 6.45) is 6.28. The molecule has 1 rings (SSSR count). The summed E-state index contributed by atoms with van der Waals surface area (Å²) in [5.41, 5.74) is 1.25. The van der Waals surface area contributed by atoms with Crippen LogP contribution in [-0.4, -0.2) is 6.04 Å². The van der Waals surface area contributed by atoms with Gasteiger partial charge in [-0.2, -0.15) is 0 Å². The van der Waals surface area contributed by atoms with Crippen molar-refractivity contribution in [1.29, 1.82) is 0 Å². The van der Waals surface area contributed by atoms with Crippen molar-refractivity contribution in [2.24, 2.45) is 0 Å². The minimum Gasteiger partial charge on any atom is -0.383 e. The Morgan fingerprint density at radius 1 is 1.40 bits per heavy atom. The molecule has 0 radical (unpaired) electrons. The SMILES string of the molecule is CC.CC1=CC=CC(C)N1. The zero-order valence-electron chi connectivity index (χ0n) is 7.31. The van der Waals surface area contributed by atoms with E-state index in [0.717, 1.165) is 0 Å². The van der Waals surface area contributed by atoms with Crippen molar-refractivity contribution in [1.82, 2.24) is 5.32 Å². The van der Waals surface area contributed by atoms with Crippen LogP contribution in [0.4, 0.5) is 0 Å². The molecule has 0 aliphatic carbocycles. The maximum Gasteiger partial charge on any atom is 0.0416 e. The van der Waals surface area contributed by atoms with Gasteiger partial charge in [0.1, 0.15) is 0 Å². The standard InChI is InChI=1S/C7H11N.C2H6/c1-6-4-3-5-7(2)8-6;1-2/h3-6,8H,1-2H3;1-2H3. The fourth-order valence-electron chi connectivity index (χ4n) is 0.822. The summed E-state index contributed by atoms with van der Waals surface area (Å²) in [7, 11) is 0. The third kappa shape index (κ3) is 3.33. The molecule has 0 fully saturated rings. The van der Waals surface area contributed by atoms with E-state index in [0.29, 0.717) is 6.04 Å². The van der Waals surface area contributed by atoms with Crippen molar-refractivity contribution in [3.05, 3.63) is 23.9 Å². The van der Waals surface area contributed by atoms with Gasteiger partial charge in [0.25, 0.3) is 0 Å². The van der Waals surface area contributed by atoms with Gasteiger partial charge in [-0.25, -0.2) is 0 Å². The molecule has 0 aromatic heterocycles. The van der Waals surface area contributed by atoms with Crippen LogP contribution in [-0.2, 0) is 0 Å². The van der Waals surface area contributed by atoms with Crippen molar-refractivity contribution in [3.63, 3.8) is 0 Å². The highest BCUT2D eigenvalue weighted by atomic mass is 14.9. The molecule has 0 aromatic rings. The summed E-state index contributed by atoms with van der Waals surface area (Å²) in [5.74, 6) is 0. The molecule has 0 aromatic carbocycles. The highest BCUT2D eigenvalue weighted by Gasteiger charge is 1.97. The van der Waals surface area contributed by atoms with Crippen LogP contribution in [0.15, 0.2) is 23.9 Å². The zero-order valence-corrected chi connectivity index (χ0v) is 7.31. The second kappa shape index (κ2) is 5.10. The van der Waals surface area contributed by atoms with Gasteiger partial charge in [-0.05, 0) is 19.9 Å². The average Bonchev–Trinajstić information content (AvgIpc) is 1.91. The third-order valence-corrected chi connectivity index (χ3v) is 1.20. The quantitative estimate of drug-likeness (QED) is 0.543. The molecule has 1 aliphatic heterocycles. The molecule has 0 saturated carbocycles. The van der Waals surface area contributed by atoms with E-state index in [2.05, 4.69) is 37.4 Å². The van der Waals surface area contributed by atoms with Crippen LogP contribution in [0, 0.1) is 0 Å². The van der Waals surface area contributed by atoms with Gasteiger partial charge in [-0.3, -0.25) is 0 Å². The maximum atomic E-state index is 3.25. The lowest BCUT2D eigenvalue weighted by molar-refractivity contribution is 0.718. The predicted octanol–water partition coefficient (Wildman–Crippen LogP) is 2.46. The maximum absolute atomic E-state index is 3.25. The molecule has 0 bridgehead atoms. The van der Waals surface area contributed by atoms with Crippen molar-refractivity contribution in [2.75, 3.05) is 0 Å². The Morgan fingerprint density at radius 3 is 2.30 bits per heavy atom. The fraction of sp³-hybridized carbons (Fsp3) is 0.556. The van der Waals surface area contributed by atoms with Crippen molar-refractivity contribution in [3.8, 4) is 0 Å². The number of hydrogen-bond acceptors (Lipinski definition) is 1. The van der Waals surface area contributed by atoms with E-state index in [9.17, 15) is 0 Å². The Labute approximate surface area is 63.8 Å². The van der Waals surface area contributed by atoms with Crippen molar-refractivity contribution >= 4 is 0 Å². The number of hydrogen-bond donors (Lipinski definition) is 1. The molecule has 0 spiro atoms. The lowest BCUT2D eigenvalue weighted by Gasteiger charge is -2.13. The summed E-state index contributed by atoms with van der Waals surface area (Å²) in [5, 5.41) is 3.25. The van der Waals surface area contributed by atoms with E-state index in [1.165, 1.54) is 5.70 Å². The molecule has 0 saturated heterocycles. The topological polar surface area (TPSA) is 12.0 Å². The third-order valence-electron chi connectivity index (χ3n) is 1.20. The lowest BCUT2D eigenvalue weighted by Crippen LogP contribution is -2.23. The monoisotopic (exact) mass is 139 g/mol. The number of dihydropyridines is 1. The normalized spacial score (nSPS) is 22.0. The van der Waals surface area contributed by atoms with Gasteiger partial charge in [-0.1, -0.05) is 26.0 Å². The van der Waals surface area contributed by atoms with Crippen LogP contribution in [0.1, 0.15) is 27.7 Å². The Morgan fingerprint density at radius 2 is 2.00 bits per heavy atom. The van der Waals surface area contributed by atoms with E-state index in [-0.39, 0.29) is 0 Å². The second-order valence-corrected chi connectivity index (χ2v) is 2.17. The minimum absolute atomic E-state index is 0.514. The molecule has 10 heavy (non-hydrogen) atoms. The first-order valence-electron chi connectivity index (χ1n) is 3.90. The van der Waals surface area contributed by atoms with E-state index in [4.69, 9.17) is 0 Å². The van der Waals surface area contributed by atoms with Gasteiger partial charge in [0.2, 0.25) is 0 Å². The van der Waals surface area contributed by atoms with Crippen LogP contribution in [0.2, 0.25) is 0 Å². The first kappa shape index (κ1) is 9.28. The zero-order chi connectivity index (χ0) is 7.98. The molecular formula is C9H17N. The Bertz CT molecular complexity index is 134. The van der Waals surface area contributed by atoms with Gasteiger partial charge >= 0.3 is 0 Å². The van der Waals surface area contributed by atoms with Gasteiger partial charge in [0, 0.05) is 11.7 Å². The first-order chi connectivity index (χ1) is 4.79. The van der Waals surface area contributed by atoms with Crippen molar-refractivity contribution < 1.29 is 0 Å². The van der Waals surface area contributed by atoms with Crippen LogP contribution in [0.5, 0.6) is 0 Å². The Kier molecular flexibility index (Phi) is 4.73. The molecule has 1 unspecified atom stereocenters. The molecular weight excluding hydrogens is 122 g/mol. The summed E-state index contributed by atoms with van der Waals surface area (Å²) in [6, 6.07) is 0.514. The van der Waals surface area contributed by atoms with Gasteiger partial charge in [-0.15, -0.1) is 0 Å². The summed E-state index contributed by atoms with van der Waals surface area (Å²) >= 11 is 0. The number of allylic oxidation sites excluding steroid dienone is 3. The summed E-state index contributed by atoms with van der Waals surface area (Å²) in [6.45, 7) is 8.20. The first-order valence-corrected chi connectivity index (χ1v) is 3.90. The molecule has 1 N–H and O–H groups in total. The van der Waals surface area contributed by atoms with Crippen LogP contribution in [0.25, 0.3) is 0 Å². The molecule has 1 aliphatic rings. The van der Waals surface area contributed by atoms with Gasteiger partial charge < -0.3 is 5.32 Å². The van der Waals surface area contributed by atoms with Gasteiger partial charge in [0.15, 0.2) is 0 Å². The molecule has 0 amide bonds. The summed E-state index contributed by atoms with van der Waals surface area (Å²) in [4.78, 5) is 0. The highest BCUT2D eigenvalue weighted by Crippen LogP contribution is 1.98. The molecule has 1 atom stereocenters. The smallest absolute Gasteiger partial charge is 0.0416 e. The van der Waals surface area contributed by atoms with Crippen LogP contribution >= 0.6 is 0 Å². The largest absolute Gasteiger partial charge is 0.383 e. The summed E-state index contributed by atoms with van der Waals surface area (Å²) < 4.78 is 0.